The van der Waals surface area contributed by atoms with E-state index in [9.17, 15) is 13.2 Å². The number of carbonyl (C=O) groups is 1. The van der Waals surface area contributed by atoms with E-state index in [0.29, 0.717) is 17.3 Å². The van der Waals surface area contributed by atoms with Crippen molar-refractivity contribution in [1.82, 2.24) is 9.62 Å². The van der Waals surface area contributed by atoms with Crippen LogP contribution in [-0.4, -0.2) is 31.7 Å². The van der Waals surface area contributed by atoms with Gasteiger partial charge in [-0.1, -0.05) is 60.2 Å². The number of carbonyl (C=O) groups excluding carboxylic acids is 1. The van der Waals surface area contributed by atoms with Crippen LogP contribution in [0.5, 0.6) is 0 Å². The molecular formula is C24H26N2O3S2. The van der Waals surface area contributed by atoms with Crippen molar-refractivity contribution in [3.63, 3.8) is 0 Å². The second kappa shape index (κ2) is 9.34. The van der Waals surface area contributed by atoms with Gasteiger partial charge in [-0.25, -0.2) is 8.42 Å². The topological polar surface area (TPSA) is 66.5 Å². The molecule has 0 aliphatic carbocycles. The summed E-state index contributed by atoms with van der Waals surface area (Å²) in [6, 6.07) is 21.1. The third-order valence-electron chi connectivity index (χ3n) is 5.48. The first kappa shape index (κ1) is 21.7. The molecule has 2 heterocycles. The van der Waals surface area contributed by atoms with E-state index in [1.807, 2.05) is 61.5 Å². The van der Waals surface area contributed by atoms with E-state index in [0.717, 1.165) is 34.4 Å². The normalized spacial score (nSPS) is 15.6. The molecule has 1 aromatic heterocycles. The molecule has 162 valence electrons. The van der Waals surface area contributed by atoms with E-state index in [2.05, 4.69) is 5.32 Å². The van der Waals surface area contributed by atoms with Gasteiger partial charge in [0.05, 0.1) is 12.5 Å². The minimum absolute atomic E-state index is 0.138. The Kier molecular flexibility index (Phi) is 6.55. The van der Waals surface area contributed by atoms with Gasteiger partial charge in [0, 0.05) is 18.0 Å². The van der Waals surface area contributed by atoms with E-state index in [-0.39, 0.29) is 18.4 Å². The predicted molar refractivity (Wildman–Crippen MR) is 124 cm³/mol. The number of nitrogens with one attached hydrogen (secondary N) is 1. The number of hydrogen-bond acceptors (Lipinski definition) is 4. The molecular weight excluding hydrogens is 428 g/mol. The zero-order chi connectivity index (χ0) is 21.8. The van der Waals surface area contributed by atoms with Gasteiger partial charge in [0.15, 0.2) is 0 Å². The van der Waals surface area contributed by atoms with Crippen LogP contribution in [0, 0.1) is 6.92 Å². The van der Waals surface area contributed by atoms with Crippen LogP contribution in [0.3, 0.4) is 0 Å². The number of amides is 1. The van der Waals surface area contributed by atoms with E-state index in [4.69, 9.17) is 0 Å². The summed E-state index contributed by atoms with van der Waals surface area (Å²) in [7, 11) is -3.45. The number of aryl methyl sites for hydroxylation is 1. The molecule has 5 nitrogen and oxygen atoms in total. The molecule has 0 saturated carbocycles. The van der Waals surface area contributed by atoms with Crippen molar-refractivity contribution in [2.45, 2.75) is 36.4 Å². The lowest BCUT2D eigenvalue weighted by atomic mass is 9.97. The van der Waals surface area contributed by atoms with Crippen LogP contribution in [0.15, 0.2) is 70.9 Å². The third-order valence-corrected chi connectivity index (χ3v) is 8.93. The lowest BCUT2D eigenvalue weighted by molar-refractivity contribution is -0.120. The summed E-state index contributed by atoms with van der Waals surface area (Å²) in [5.41, 5.74) is 3.17. The highest BCUT2D eigenvalue weighted by Gasteiger charge is 2.28. The van der Waals surface area contributed by atoms with E-state index >= 15 is 0 Å². The highest BCUT2D eigenvalue weighted by Crippen LogP contribution is 2.28. The molecule has 1 atom stereocenters. The summed E-state index contributed by atoms with van der Waals surface area (Å²) in [5.74, 6) is -0.138. The number of sulfonamides is 1. The maximum atomic E-state index is 12.9. The van der Waals surface area contributed by atoms with Gasteiger partial charge in [-0.05, 0) is 43.0 Å². The van der Waals surface area contributed by atoms with Gasteiger partial charge in [0.2, 0.25) is 5.91 Å². The van der Waals surface area contributed by atoms with Crippen molar-refractivity contribution in [3.05, 3.63) is 88.3 Å². The van der Waals surface area contributed by atoms with Crippen molar-refractivity contribution in [3.8, 4) is 0 Å². The quantitative estimate of drug-likeness (QED) is 0.579. The monoisotopic (exact) mass is 454 g/mol. The number of benzene rings is 2. The van der Waals surface area contributed by atoms with Crippen LogP contribution in [0.2, 0.25) is 0 Å². The molecule has 0 spiro atoms. The van der Waals surface area contributed by atoms with Crippen molar-refractivity contribution in [2.75, 3.05) is 13.1 Å². The average molecular weight is 455 g/mol. The zero-order valence-electron chi connectivity index (χ0n) is 17.5. The van der Waals surface area contributed by atoms with Crippen LogP contribution in [0.25, 0.3) is 0 Å². The number of hydrogen-bond donors (Lipinski definition) is 1. The van der Waals surface area contributed by atoms with Crippen LogP contribution >= 0.6 is 11.3 Å². The van der Waals surface area contributed by atoms with Crippen LogP contribution < -0.4 is 5.32 Å². The standard InChI is InChI=1S/C24H26N2O3S2/c1-18-9-11-20(12-10-18)24(19-7-3-2-4-8-19)25-22(27)17-21-13-14-23(30-21)31(28,29)26-15-5-6-16-26/h2-4,7-14,24H,5-6,15-17H2,1H3,(H,25,27). The maximum Gasteiger partial charge on any atom is 0.252 e. The summed E-state index contributed by atoms with van der Waals surface area (Å²) >= 11 is 1.19. The summed E-state index contributed by atoms with van der Waals surface area (Å²) in [4.78, 5) is 13.6. The van der Waals surface area contributed by atoms with Gasteiger partial charge >= 0.3 is 0 Å². The molecule has 1 fully saturated rings. The molecule has 1 unspecified atom stereocenters. The molecule has 1 aliphatic heterocycles. The van der Waals surface area contributed by atoms with Crippen molar-refractivity contribution in [2.24, 2.45) is 0 Å². The van der Waals surface area contributed by atoms with Gasteiger partial charge in [0.1, 0.15) is 4.21 Å². The van der Waals surface area contributed by atoms with Gasteiger partial charge in [-0.15, -0.1) is 11.3 Å². The third kappa shape index (κ3) is 5.06. The number of thiophene rings is 1. The molecule has 0 bridgehead atoms. The molecule has 1 aliphatic rings. The molecule has 1 N–H and O–H groups in total. The van der Waals surface area contributed by atoms with Crippen molar-refractivity contribution < 1.29 is 13.2 Å². The van der Waals surface area contributed by atoms with Crippen LogP contribution in [-0.2, 0) is 21.2 Å². The van der Waals surface area contributed by atoms with E-state index < -0.39 is 10.0 Å². The fourth-order valence-corrected chi connectivity index (χ4v) is 6.81. The van der Waals surface area contributed by atoms with Gasteiger partial charge < -0.3 is 5.32 Å². The van der Waals surface area contributed by atoms with Gasteiger partial charge in [0.25, 0.3) is 10.0 Å². The Labute approximate surface area is 187 Å². The Morgan fingerprint density at radius 3 is 2.29 bits per heavy atom. The lowest BCUT2D eigenvalue weighted by Crippen LogP contribution is -2.30. The summed E-state index contributed by atoms with van der Waals surface area (Å²) in [5, 5.41) is 3.13. The Balaban J connectivity index is 1.50. The summed E-state index contributed by atoms with van der Waals surface area (Å²) in [6.45, 7) is 3.18. The summed E-state index contributed by atoms with van der Waals surface area (Å²) in [6.07, 6.45) is 1.95. The highest BCUT2D eigenvalue weighted by molar-refractivity contribution is 7.91. The van der Waals surface area contributed by atoms with E-state index in [1.54, 1.807) is 12.1 Å². The molecule has 7 heteroatoms. The first-order chi connectivity index (χ1) is 14.9. The predicted octanol–water partition coefficient (Wildman–Crippen LogP) is 4.29. The molecule has 4 rings (SSSR count). The van der Waals surface area contributed by atoms with Gasteiger partial charge in [-0.3, -0.25) is 4.79 Å². The Bertz CT molecular complexity index is 1130. The van der Waals surface area contributed by atoms with E-state index in [1.165, 1.54) is 15.6 Å². The second-order valence-corrected chi connectivity index (χ2v) is 11.2. The Hall–Kier alpha value is -2.48. The molecule has 3 aromatic rings. The molecule has 31 heavy (non-hydrogen) atoms. The Morgan fingerprint density at radius 2 is 1.61 bits per heavy atom. The minimum Gasteiger partial charge on any atom is -0.345 e. The molecule has 0 radical (unpaired) electrons. The van der Waals surface area contributed by atoms with Crippen molar-refractivity contribution in [1.29, 1.82) is 0 Å². The average Bonchev–Trinajstić information content (AvgIpc) is 3.46. The zero-order valence-corrected chi connectivity index (χ0v) is 19.1. The van der Waals surface area contributed by atoms with Gasteiger partial charge in [-0.2, -0.15) is 4.31 Å². The minimum atomic E-state index is -3.45. The maximum absolute atomic E-state index is 12.9. The SMILES string of the molecule is Cc1ccc(C(NC(=O)Cc2ccc(S(=O)(=O)N3CCCC3)s2)c2ccccc2)cc1. The summed E-state index contributed by atoms with van der Waals surface area (Å²) < 4.78 is 27.3. The molecule has 1 saturated heterocycles. The fraction of sp³-hybridized carbons (Fsp3) is 0.292. The highest BCUT2D eigenvalue weighted by atomic mass is 32.2. The first-order valence-electron chi connectivity index (χ1n) is 10.4. The number of rotatable bonds is 7. The molecule has 1 amide bonds. The smallest absolute Gasteiger partial charge is 0.252 e. The lowest BCUT2D eigenvalue weighted by Gasteiger charge is -2.20. The first-order valence-corrected chi connectivity index (χ1v) is 12.7. The van der Waals surface area contributed by atoms with Crippen molar-refractivity contribution >= 4 is 27.3 Å². The molecule has 2 aromatic carbocycles. The largest absolute Gasteiger partial charge is 0.345 e. The fourth-order valence-electron chi connectivity index (χ4n) is 3.78. The Morgan fingerprint density at radius 1 is 0.968 bits per heavy atom. The second-order valence-electron chi connectivity index (χ2n) is 7.83. The number of nitrogens with zero attached hydrogens (tertiary/aromatic N) is 1. The van der Waals surface area contributed by atoms with Crippen LogP contribution in [0.1, 0.15) is 40.5 Å². The van der Waals surface area contributed by atoms with Crippen LogP contribution in [0.4, 0.5) is 0 Å².